The number of nitrogens with zero attached hydrogens (tertiary/aromatic N) is 3. The van der Waals surface area contributed by atoms with E-state index in [1.54, 1.807) is 0 Å². The van der Waals surface area contributed by atoms with Crippen molar-refractivity contribution in [2.45, 2.75) is 6.17 Å². The molecule has 0 fully saturated rings. The Morgan fingerprint density at radius 3 is 1.98 bits per heavy atom. The van der Waals surface area contributed by atoms with Gasteiger partial charge in [0.1, 0.15) is 23.2 Å². The Kier molecular flexibility index (Phi) is 7.09. The number of fused-ring (bicyclic) bond motifs is 9. The van der Waals surface area contributed by atoms with Gasteiger partial charge in [-0.05, 0) is 77.4 Å². The zero-order chi connectivity index (χ0) is 37.5. The summed E-state index contributed by atoms with van der Waals surface area (Å²) in [5.74, 6) is 1.52. The van der Waals surface area contributed by atoms with E-state index < -0.39 is 0 Å². The molecule has 1 aliphatic rings. The molecular formula is C51H32N4OS. The maximum atomic E-state index is 6.70. The summed E-state index contributed by atoms with van der Waals surface area (Å²) in [6.45, 7) is 0. The van der Waals surface area contributed by atoms with E-state index in [4.69, 9.17) is 14.4 Å². The Labute approximate surface area is 331 Å². The first-order valence-corrected chi connectivity index (χ1v) is 20.0. The average Bonchev–Trinajstić information content (AvgIpc) is 3.95. The molecule has 1 aliphatic heterocycles. The van der Waals surface area contributed by atoms with Gasteiger partial charge in [-0.15, -0.1) is 11.3 Å². The van der Waals surface area contributed by atoms with E-state index in [2.05, 4.69) is 168 Å². The molecule has 0 spiro atoms. The van der Waals surface area contributed by atoms with Crippen LogP contribution in [0.3, 0.4) is 0 Å². The van der Waals surface area contributed by atoms with Crippen molar-refractivity contribution in [3.8, 4) is 16.8 Å². The summed E-state index contributed by atoms with van der Waals surface area (Å²) in [5.41, 5.74) is 10.6. The number of amidine groups is 2. The molecule has 1 unspecified atom stereocenters. The molecule has 4 heterocycles. The van der Waals surface area contributed by atoms with Gasteiger partial charge in [-0.25, -0.2) is 9.98 Å². The van der Waals surface area contributed by atoms with Gasteiger partial charge in [0.05, 0.1) is 11.0 Å². The highest BCUT2D eigenvalue weighted by Crippen LogP contribution is 2.42. The van der Waals surface area contributed by atoms with E-state index in [1.165, 1.54) is 47.5 Å². The van der Waals surface area contributed by atoms with Gasteiger partial charge in [-0.1, -0.05) is 115 Å². The predicted molar refractivity (Wildman–Crippen MR) is 238 cm³/mol. The lowest BCUT2D eigenvalue weighted by Gasteiger charge is -2.23. The van der Waals surface area contributed by atoms with Gasteiger partial charge in [0.2, 0.25) is 0 Å². The number of hydrogen-bond donors (Lipinski definition) is 1. The molecule has 1 N–H and O–H groups in total. The lowest BCUT2D eigenvalue weighted by Crippen LogP contribution is -2.33. The summed E-state index contributed by atoms with van der Waals surface area (Å²) in [4.78, 5) is 10.1. The minimum Gasteiger partial charge on any atom is -0.456 e. The summed E-state index contributed by atoms with van der Waals surface area (Å²) >= 11 is 1.82. The second-order valence-corrected chi connectivity index (χ2v) is 15.7. The van der Waals surface area contributed by atoms with E-state index in [0.29, 0.717) is 0 Å². The zero-order valence-corrected chi connectivity index (χ0v) is 31.4. The third-order valence-corrected chi connectivity index (χ3v) is 12.4. The van der Waals surface area contributed by atoms with Crippen LogP contribution in [-0.4, -0.2) is 16.2 Å². The van der Waals surface area contributed by atoms with Crippen LogP contribution in [0.2, 0.25) is 0 Å². The summed E-state index contributed by atoms with van der Waals surface area (Å²) in [6.07, 6.45) is -0.257. The van der Waals surface area contributed by atoms with Crippen LogP contribution in [0.15, 0.2) is 196 Å². The van der Waals surface area contributed by atoms with Gasteiger partial charge < -0.3 is 14.3 Å². The molecule has 0 radical (unpaired) electrons. The molecule has 0 saturated heterocycles. The van der Waals surface area contributed by atoms with Crippen molar-refractivity contribution < 1.29 is 4.42 Å². The standard InChI is InChI=1S/C51H32N4OS/c1-3-12-31(13-4-1)49-52-50(32-14-5-2-6-15-32)54-51(53-49)34-23-27-46-41(28-34)48-36(18-11-21-47(48)57-46)33-22-25-39-40-26-24-35(30-45(40)56-44(39)29-33)55-42-19-9-7-16-37(42)38-17-8-10-20-43(38)55/h1-30,49H,(H,52,53,54). The number of para-hydroxylation sites is 2. The Bertz CT molecular complexity index is 3390. The lowest BCUT2D eigenvalue weighted by molar-refractivity contribution is 0.669. The molecule has 5 nitrogen and oxygen atoms in total. The molecule has 1 atom stereocenters. The number of thiophene rings is 1. The first kappa shape index (κ1) is 32.0. The van der Waals surface area contributed by atoms with Gasteiger partial charge in [0.15, 0.2) is 5.84 Å². The highest BCUT2D eigenvalue weighted by Gasteiger charge is 2.22. The van der Waals surface area contributed by atoms with Crippen molar-refractivity contribution >= 4 is 86.9 Å². The molecular weight excluding hydrogens is 717 g/mol. The van der Waals surface area contributed by atoms with Gasteiger partial charge in [0, 0.05) is 64.6 Å². The number of aliphatic imine (C=N–C) groups is 2. The minimum atomic E-state index is -0.257. The number of aromatic nitrogens is 1. The van der Waals surface area contributed by atoms with Crippen molar-refractivity contribution in [2.75, 3.05) is 0 Å². The maximum absolute atomic E-state index is 6.70. The average molecular weight is 749 g/mol. The molecule has 268 valence electrons. The van der Waals surface area contributed by atoms with Gasteiger partial charge in [0.25, 0.3) is 0 Å². The zero-order valence-electron chi connectivity index (χ0n) is 30.6. The third-order valence-electron chi connectivity index (χ3n) is 11.3. The summed E-state index contributed by atoms with van der Waals surface area (Å²) in [7, 11) is 0. The van der Waals surface area contributed by atoms with Crippen molar-refractivity contribution in [3.63, 3.8) is 0 Å². The maximum Gasteiger partial charge on any atom is 0.159 e. The van der Waals surface area contributed by atoms with Crippen molar-refractivity contribution in [1.82, 2.24) is 9.88 Å². The number of rotatable bonds is 5. The number of furan rings is 1. The number of benzene rings is 8. The van der Waals surface area contributed by atoms with Gasteiger partial charge in [-0.2, -0.15) is 0 Å². The highest BCUT2D eigenvalue weighted by molar-refractivity contribution is 7.26. The Hall–Kier alpha value is -7.28. The first-order chi connectivity index (χ1) is 28.2. The van der Waals surface area contributed by atoms with E-state index in [9.17, 15) is 0 Å². The summed E-state index contributed by atoms with van der Waals surface area (Å²) in [6, 6.07) is 64.4. The van der Waals surface area contributed by atoms with Crippen LogP contribution in [0.1, 0.15) is 22.9 Å². The van der Waals surface area contributed by atoms with Gasteiger partial charge >= 0.3 is 0 Å². The quantitative estimate of drug-likeness (QED) is 0.191. The molecule has 11 aromatic rings. The Balaban J connectivity index is 0.967. The fourth-order valence-corrected chi connectivity index (χ4v) is 9.72. The molecule has 8 aromatic carbocycles. The van der Waals surface area contributed by atoms with E-state index in [-0.39, 0.29) is 6.17 Å². The fraction of sp³-hybridized carbons (Fsp3) is 0.0196. The molecule has 6 heteroatoms. The molecule has 3 aromatic heterocycles. The van der Waals surface area contributed by atoms with Crippen LogP contribution in [-0.2, 0) is 0 Å². The monoisotopic (exact) mass is 748 g/mol. The molecule has 0 amide bonds. The SMILES string of the molecule is c1ccc(C2=NC(c3ccccc3)NC(c3ccc4sc5cccc(-c6ccc7c(c6)oc6cc(-n8c9ccccc9c9ccccc98)ccc67)c5c4c3)=N2)cc1. The first-order valence-electron chi connectivity index (χ1n) is 19.2. The fourth-order valence-electron chi connectivity index (χ4n) is 8.61. The van der Waals surface area contributed by atoms with Crippen LogP contribution in [0.5, 0.6) is 0 Å². The molecule has 0 saturated carbocycles. The van der Waals surface area contributed by atoms with Crippen molar-refractivity contribution in [3.05, 3.63) is 199 Å². The third kappa shape index (κ3) is 5.15. The topological polar surface area (TPSA) is 54.8 Å². The predicted octanol–water partition coefficient (Wildman–Crippen LogP) is 13.2. The molecule has 57 heavy (non-hydrogen) atoms. The second-order valence-electron chi connectivity index (χ2n) is 14.6. The van der Waals surface area contributed by atoms with Crippen LogP contribution < -0.4 is 5.32 Å². The van der Waals surface area contributed by atoms with Gasteiger partial charge in [-0.3, -0.25) is 0 Å². The molecule has 0 aliphatic carbocycles. The van der Waals surface area contributed by atoms with Crippen LogP contribution in [0, 0.1) is 0 Å². The van der Waals surface area contributed by atoms with E-state index in [0.717, 1.165) is 61.6 Å². The Morgan fingerprint density at radius 2 is 1.19 bits per heavy atom. The molecule has 0 bridgehead atoms. The summed E-state index contributed by atoms with van der Waals surface area (Å²) < 4.78 is 11.5. The second kappa shape index (κ2) is 12.6. The lowest BCUT2D eigenvalue weighted by atomic mass is 9.97. The van der Waals surface area contributed by atoms with E-state index in [1.807, 2.05) is 35.6 Å². The number of nitrogens with one attached hydrogen (secondary N) is 1. The molecule has 12 rings (SSSR count). The Morgan fingerprint density at radius 1 is 0.509 bits per heavy atom. The smallest absolute Gasteiger partial charge is 0.159 e. The van der Waals surface area contributed by atoms with Crippen molar-refractivity contribution in [1.29, 1.82) is 0 Å². The van der Waals surface area contributed by atoms with E-state index >= 15 is 0 Å². The largest absolute Gasteiger partial charge is 0.456 e. The number of hydrogen-bond acceptors (Lipinski definition) is 5. The van der Waals surface area contributed by atoms with Crippen molar-refractivity contribution in [2.24, 2.45) is 9.98 Å². The van der Waals surface area contributed by atoms with Crippen LogP contribution >= 0.6 is 11.3 Å². The van der Waals surface area contributed by atoms with Crippen LogP contribution in [0.25, 0.3) is 80.7 Å². The van der Waals surface area contributed by atoms with Crippen LogP contribution in [0.4, 0.5) is 0 Å². The normalized spacial score (nSPS) is 14.5. The minimum absolute atomic E-state index is 0.257. The highest BCUT2D eigenvalue weighted by atomic mass is 32.1. The summed E-state index contributed by atoms with van der Waals surface area (Å²) in [5, 5.41) is 10.8.